The Hall–Kier alpha value is -1.15. The van der Waals surface area contributed by atoms with Gasteiger partial charge < -0.3 is 5.73 Å². The number of para-hydroxylation sites is 1. The van der Waals surface area contributed by atoms with Crippen LogP contribution in [-0.4, -0.2) is 12.3 Å². The summed E-state index contributed by atoms with van der Waals surface area (Å²) < 4.78 is 0. The minimum Gasteiger partial charge on any atom is -0.327 e. The van der Waals surface area contributed by atoms with Crippen LogP contribution in [0.4, 0.5) is 5.69 Å². The minimum absolute atomic E-state index is 0.345. The number of benzene rings is 1. The van der Waals surface area contributed by atoms with E-state index in [0.717, 1.165) is 12.1 Å². The van der Waals surface area contributed by atoms with Gasteiger partial charge in [0.2, 0.25) is 0 Å². The number of nitrogens with zero attached hydrogens (tertiary/aromatic N) is 1. The third-order valence-corrected chi connectivity index (χ3v) is 3.17. The van der Waals surface area contributed by atoms with Crippen LogP contribution in [-0.2, 0) is 0 Å². The van der Waals surface area contributed by atoms with Gasteiger partial charge >= 0.3 is 0 Å². The third kappa shape index (κ3) is 0.893. The molecule has 2 nitrogen and oxygen atoms in total. The van der Waals surface area contributed by atoms with Gasteiger partial charge in [-0.2, -0.15) is 0 Å². The molecule has 1 heterocycles. The normalized spacial score (nSPS) is 34.7. The van der Waals surface area contributed by atoms with Crippen molar-refractivity contribution in [1.29, 1.82) is 0 Å². The fourth-order valence-electron chi connectivity index (χ4n) is 2.41. The van der Waals surface area contributed by atoms with Crippen LogP contribution < -0.4 is 5.73 Å². The molecule has 66 valence electrons. The number of nitrogens with two attached hydrogens (primary N) is 1. The van der Waals surface area contributed by atoms with Crippen molar-refractivity contribution < 1.29 is 0 Å². The molecule has 2 heteroatoms. The lowest BCUT2D eigenvalue weighted by atomic mass is 9.65. The van der Waals surface area contributed by atoms with Crippen molar-refractivity contribution >= 4 is 11.9 Å². The summed E-state index contributed by atoms with van der Waals surface area (Å²) in [5.74, 6) is 1.14. The van der Waals surface area contributed by atoms with Crippen molar-refractivity contribution in [2.75, 3.05) is 0 Å². The van der Waals surface area contributed by atoms with E-state index in [1.54, 1.807) is 0 Å². The van der Waals surface area contributed by atoms with Crippen molar-refractivity contribution in [1.82, 2.24) is 0 Å². The maximum atomic E-state index is 5.99. The smallest absolute Gasteiger partial charge is 0.0661 e. The van der Waals surface area contributed by atoms with Gasteiger partial charge in [0.05, 0.1) is 5.69 Å². The lowest BCUT2D eigenvalue weighted by Gasteiger charge is -2.43. The lowest BCUT2D eigenvalue weighted by Crippen LogP contribution is -2.47. The third-order valence-electron chi connectivity index (χ3n) is 3.17. The van der Waals surface area contributed by atoms with Crippen molar-refractivity contribution in [3.63, 3.8) is 0 Å². The molecular formula is C11H12N2. The molecule has 0 saturated heterocycles. The summed E-state index contributed by atoms with van der Waals surface area (Å²) >= 11 is 0. The van der Waals surface area contributed by atoms with E-state index in [-0.39, 0.29) is 0 Å². The molecule has 1 aliphatic carbocycles. The predicted octanol–water partition coefficient (Wildman–Crippen LogP) is 1.83. The van der Waals surface area contributed by atoms with Crippen LogP contribution in [0, 0.1) is 5.92 Å². The first-order valence-electron chi connectivity index (χ1n) is 4.75. The molecule has 13 heavy (non-hydrogen) atoms. The summed E-state index contributed by atoms with van der Waals surface area (Å²) in [6.45, 7) is 0. The number of hydrogen-bond acceptors (Lipinski definition) is 2. The zero-order valence-electron chi connectivity index (χ0n) is 7.35. The highest BCUT2D eigenvalue weighted by Gasteiger charge is 2.41. The van der Waals surface area contributed by atoms with E-state index >= 15 is 0 Å². The van der Waals surface area contributed by atoms with Gasteiger partial charge in [0.25, 0.3) is 0 Å². The van der Waals surface area contributed by atoms with Crippen LogP contribution in [0.3, 0.4) is 0 Å². The molecule has 1 aromatic rings. The zero-order valence-corrected chi connectivity index (χ0v) is 7.35. The van der Waals surface area contributed by atoms with Gasteiger partial charge in [-0.25, -0.2) is 0 Å². The Morgan fingerprint density at radius 1 is 1.31 bits per heavy atom. The molecule has 0 bridgehead atoms. The summed E-state index contributed by atoms with van der Waals surface area (Å²) in [4.78, 5) is 4.43. The van der Waals surface area contributed by atoms with Gasteiger partial charge in [-0.15, -0.1) is 0 Å². The largest absolute Gasteiger partial charge is 0.327 e. The molecule has 0 spiro atoms. The highest BCUT2D eigenvalue weighted by atomic mass is 14.8. The van der Waals surface area contributed by atoms with Gasteiger partial charge in [-0.3, -0.25) is 4.99 Å². The summed E-state index contributed by atoms with van der Waals surface area (Å²) in [7, 11) is 0. The molecule has 0 amide bonds. The number of aliphatic imine (C=N–C) groups is 1. The van der Waals surface area contributed by atoms with Gasteiger partial charge in [0, 0.05) is 24.1 Å². The molecule has 0 radical (unpaired) electrons. The van der Waals surface area contributed by atoms with E-state index in [4.69, 9.17) is 5.73 Å². The summed E-state index contributed by atoms with van der Waals surface area (Å²) in [6, 6.07) is 8.66. The number of hydrogen-bond donors (Lipinski definition) is 1. The molecule has 2 aliphatic rings. The molecule has 1 saturated carbocycles. The van der Waals surface area contributed by atoms with Crippen molar-refractivity contribution in [2.24, 2.45) is 16.6 Å². The Balaban J connectivity index is 2.12. The van der Waals surface area contributed by atoms with Crippen LogP contribution in [0.15, 0.2) is 29.3 Å². The average Bonchev–Trinajstić information content (AvgIpc) is 2.14. The number of rotatable bonds is 0. The van der Waals surface area contributed by atoms with Crippen molar-refractivity contribution in [3.05, 3.63) is 29.8 Å². The Bertz CT molecular complexity index is 370. The highest BCUT2D eigenvalue weighted by Crippen LogP contribution is 2.46. The minimum atomic E-state index is 0.345. The maximum Gasteiger partial charge on any atom is 0.0661 e. The second-order valence-electron chi connectivity index (χ2n) is 3.93. The molecule has 2 N–H and O–H groups in total. The second-order valence-corrected chi connectivity index (χ2v) is 3.93. The zero-order chi connectivity index (χ0) is 8.84. The van der Waals surface area contributed by atoms with Gasteiger partial charge in [0.1, 0.15) is 0 Å². The lowest BCUT2D eigenvalue weighted by molar-refractivity contribution is 0.282. The molecule has 3 atom stereocenters. The van der Waals surface area contributed by atoms with E-state index in [2.05, 4.69) is 29.4 Å². The summed E-state index contributed by atoms with van der Waals surface area (Å²) in [6.07, 6.45) is 3.17. The fraction of sp³-hybridized carbons (Fsp3) is 0.364. The molecule has 1 fully saturated rings. The molecule has 3 unspecified atom stereocenters. The second kappa shape index (κ2) is 2.42. The Morgan fingerprint density at radius 2 is 2.15 bits per heavy atom. The van der Waals surface area contributed by atoms with Crippen molar-refractivity contribution in [2.45, 2.75) is 18.4 Å². The standard InChI is InChI=1S/C11H12N2/c12-9-5-7-6-13-10-4-2-1-3-8(10)11(7)9/h1-4,6-7,9,11H,5,12H2. The van der Waals surface area contributed by atoms with Gasteiger partial charge in [-0.1, -0.05) is 18.2 Å². The quantitative estimate of drug-likeness (QED) is 0.637. The van der Waals surface area contributed by atoms with Crippen LogP contribution in [0.2, 0.25) is 0 Å². The Kier molecular flexibility index (Phi) is 1.35. The summed E-state index contributed by atoms with van der Waals surface area (Å²) in [5.41, 5.74) is 8.44. The van der Waals surface area contributed by atoms with Crippen LogP contribution in [0.1, 0.15) is 17.9 Å². The molecule has 1 aromatic carbocycles. The van der Waals surface area contributed by atoms with Gasteiger partial charge in [0.15, 0.2) is 0 Å². The molecule has 0 aromatic heterocycles. The average molecular weight is 172 g/mol. The van der Waals surface area contributed by atoms with E-state index in [1.807, 2.05) is 6.07 Å². The first-order valence-corrected chi connectivity index (χ1v) is 4.75. The molecule has 1 aliphatic heterocycles. The van der Waals surface area contributed by atoms with E-state index in [0.29, 0.717) is 17.9 Å². The SMILES string of the molecule is NC1CC2C=Nc3ccccc3C12. The van der Waals surface area contributed by atoms with E-state index in [1.165, 1.54) is 5.56 Å². The maximum absolute atomic E-state index is 5.99. The van der Waals surface area contributed by atoms with E-state index in [9.17, 15) is 0 Å². The topological polar surface area (TPSA) is 38.4 Å². The van der Waals surface area contributed by atoms with Crippen LogP contribution in [0.5, 0.6) is 0 Å². The molecule has 3 rings (SSSR count). The van der Waals surface area contributed by atoms with Crippen LogP contribution >= 0.6 is 0 Å². The Morgan fingerprint density at radius 3 is 3.00 bits per heavy atom. The predicted molar refractivity (Wildman–Crippen MR) is 53.4 cm³/mol. The molecular weight excluding hydrogens is 160 g/mol. The summed E-state index contributed by atoms with van der Waals surface area (Å²) in [5, 5.41) is 0. The van der Waals surface area contributed by atoms with Gasteiger partial charge in [-0.05, 0) is 18.1 Å². The first kappa shape index (κ1) is 7.27. The number of fused-ring (bicyclic) bond motifs is 3. The van der Waals surface area contributed by atoms with E-state index < -0.39 is 0 Å². The first-order chi connectivity index (χ1) is 6.36. The Labute approximate surface area is 77.5 Å². The fourth-order valence-corrected chi connectivity index (χ4v) is 2.41. The van der Waals surface area contributed by atoms with Crippen LogP contribution in [0.25, 0.3) is 0 Å². The monoisotopic (exact) mass is 172 g/mol. The highest BCUT2D eigenvalue weighted by molar-refractivity contribution is 5.75. The van der Waals surface area contributed by atoms with Crippen molar-refractivity contribution in [3.8, 4) is 0 Å².